The van der Waals surface area contributed by atoms with Crippen LogP contribution in [0.1, 0.15) is 38.2 Å². The van der Waals surface area contributed by atoms with Gasteiger partial charge in [-0.3, -0.25) is 9.59 Å². The Morgan fingerprint density at radius 3 is 2.65 bits per heavy atom. The smallest absolute Gasteiger partial charge is 0.255 e. The van der Waals surface area contributed by atoms with E-state index in [2.05, 4.69) is 5.32 Å². The molecule has 26 heavy (non-hydrogen) atoms. The summed E-state index contributed by atoms with van der Waals surface area (Å²) in [5.41, 5.74) is 11.8. The molecule has 0 heterocycles. The molecule has 0 bridgehead atoms. The van der Waals surface area contributed by atoms with E-state index in [1.165, 1.54) is 7.11 Å². The minimum Gasteiger partial charge on any atom is -0.493 e. The fourth-order valence-corrected chi connectivity index (χ4v) is 3.19. The monoisotopic (exact) mass is 385 g/mol. The molecule has 0 spiro atoms. The number of methoxy groups -OCH3 is 1. The fourth-order valence-electron chi connectivity index (χ4n) is 3.19. The van der Waals surface area contributed by atoms with Gasteiger partial charge in [0.25, 0.3) is 5.91 Å². The quantitative estimate of drug-likeness (QED) is 0.657. The third-order valence-corrected chi connectivity index (χ3v) is 4.64. The number of hydrogen-bond donors (Lipinski definition) is 3. The zero-order valence-electron chi connectivity index (χ0n) is 15.2. The molecule has 1 saturated carbocycles. The summed E-state index contributed by atoms with van der Waals surface area (Å²) < 4.78 is 10.6. The Hall–Kier alpha value is -1.99. The number of rotatable bonds is 7. The van der Waals surface area contributed by atoms with Crippen molar-refractivity contribution in [3.63, 3.8) is 0 Å². The third-order valence-electron chi connectivity index (χ3n) is 4.64. The van der Waals surface area contributed by atoms with Crippen molar-refractivity contribution >= 4 is 24.2 Å². The van der Waals surface area contributed by atoms with E-state index in [-0.39, 0.29) is 30.8 Å². The summed E-state index contributed by atoms with van der Waals surface area (Å²) in [5, 5.41) is 2.96. The molecule has 1 aliphatic carbocycles. The van der Waals surface area contributed by atoms with Crippen LogP contribution >= 0.6 is 12.4 Å². The second-order valence-corrected chi connectivity index (χ2v) is 6.76. The summed E-state index contributed by atoms with van der Waals surface area (Å²) in [7, 11) is 1.51. The van der Waals surface area contributed by atoms with Crippen LogP contribution in [-0.4, -0.2) is 31.1 Å². The second-order valence-electron chi connectivity index (χ2n) is 6.76. The Labute approximate surface area is 160 Å². The number of carbonyl (C=O) groups is 2. The van der Waals surface area contributed by atoms with Crippen molar-refractivity contribution in [3.05, 3.63) is 23.8 Å². The van der Waals surface area contributed by atoms with E-state index in [0.29, 0.717) is 18.0 Å². The van der Waals surface area contributed by atoms with Gasteiger partial charge in [0.15, 0.2) is 18.1 Å². The lowest BCUT2D eigenvalue weighted by atomic mass is 9.74. The molecule has 0 aromatic heterocycles. The molecule has 1 aliphatic rings. The number of hydrogen-bond acceptors (Lipinski definition) is 5. The van der Waals surface area contributed by atoms with Crippen LogP contribution in [0.4, 0.5) is 0 Å². The fraction of sp³-hybridized carbons (Fsp3) is 0.556. The maximum absolute atomic E-state index is 12.5. The van der Waals surface area contributed by atoms with E-state index in [4.69, 9.17) is 20.9 Å². The van der Waals surface area contributed by atoms with Crippen molar-refractivity contribution in [1.29, 1.82) is 0 Å². The zero-order chi connectivity index (χ0) is 18.4. The van der Waals surface area contributed by atoms with E-state index in [9.17, 15) is 9.59 Å². The number of halogens is 1. The van der Waals surface area contributed by atoms with E-state index < -0.39 is 11.4 Å². The summed E-state index contributed by atoms with van der Waals surface area (Å²) >= 11 is 0. The molecule has 5 N–H and O–H groups in total. The maximum Gasteiger partial charge on any atom is 0.255 e. The molecule has 2 unspecified atom stereocenters. The lowest BCUT2D eigenvalue weighted by Gasteiger charge is -2.37. The van der Waals surface area contributed by atoms with Gasteiger partial charge in [0.05, 0.1) is 13.0 Å². The lowest BCUT2D eigenvalue weighted by molar-refractivity contribution is -0.128. The molecule has 1 aromatic carbocycles. The summed E-state index contributed by atoms with van der Waals surface area (Å²) in [6.45, 7) is 2.10. The number of nitrogens with one attached hydrogen (secondary N) is 1. The minimum absolute atomic E-state index is 0. The van der Waals surface area contributed by atoms with Crippen molar-refractivity contribution < 1.29 is 19.1 Å². The summed E-state index contributed by atoms with van der Waals surface area (Å²) in [5.74, 6) is 0.169. The molecule has 7 nitrogen and oxygen atoms in total. The third kappa shape index (κ3) is 5.78. The van der Waals surface area contributed by atoms with Gasteiger partial charge in [0, 0.05) is 12.1 Å². The number of primary amides is 1. The molecular weight excluding hydrogens is 358 g/mol. The Kier molecular flexibility index (Phi) is 8.17. The predicted octanol–water partition coefficient (Wildman–Crippen LogP) is 1.50. The Morgan fingerprint density at radius 1 is 1.31 bits per heavy atom. The number of amides is 2. The molecule has 0 aliphatic heterocycles. The summed E-state index contributed by atoms with van der Waals surface area (Å²) in [6.07, 6.45) is 3.79. The molecule has 8 heteroatoms. The molecule has 2 amide bonds. The minimum atomic E-state index is -0.560. The molecule has 2 atom stereocenters. The lowest BCUT2D eigenvalue weighted by Crippen LogP contribution is -2.52. The van der Waals surface area contributed by atoms with Crippen LogP contribution in [0.5, 0.6) is 11.5 Å². The van der Waals surface area contributed by atoms with Gasteiger partial charge in [-0.25, -0.2) is 0 Å². The molecular formula is C18H28ClN3O4. The Morgan fingerprint density at radius 2 is 2.04 bits per heavy atom. The molecule has 0 radical (unpaired) electrons. The highest BCUT2D eigenvalue weighted by atomic mass is 35.5. The highest BCUT2D eigenvalue weighted by Gasteiger charge is 2.37. The van der Waals surface area contributed by atoms with Gasteiger partial charge in [-0.05, 0) is 37.5 Å². The van der Waals surface area contributed by atoms with Gasteiger partial charge in [-0.2, -0.15) is 0 Å². The van der Waals surface area contributed by atoms with Gasteiger partial charge in [0.2, 0.25) is 5.91 Å². The number of carbonyl (C=O) groups excluding carboxylic acids is 2. The standard InChI is InChI=1S/C18H27N3O4.ClH/c1-18(20)8-4-3-5-13(18)17(23)21-10-12-6-7-14(15(9-12)24-2)25-11-16(19)22;/h6-7,9,13H,3-5,8,10-11,20H2,1-2H3,(H2,19,22)(H,21,23);1H. The summed E-state index contributed by atoms with van der Waals surface area (Å²) in [6, 6.07) is 5.26. The highest BCUT2D eigenvalue weighted by molar-refractivity contribution is 5.85. The van der Waals surface area contributed by atoms with Crippen molar-refractivity contribution in [2.45, 2.75) is 44.7 Å². The first-order chi connectivity index (χ1) is 11.8. The number of benzene rings is 1. The van der Waals surface area contributed by atoms with E-state index in [1.54, 1.807) is 12.1 Å². The topological polar surface area (TPSA) is 117 Å². The van der Waals surface area contributed by atoms with Gasteiger partial charge in [0.1, 0.15) is 0 Å². The summed E-state index contributed by atoms with van der Waals surface area (Å²) in [4.78, 5) is 23.3. The van der Waals surface area contributed by atoms with Crippen molar-refractivity contribution in [2.24, 2.45) is 17.4 Å². The first kappa shape index (κ1) is 22.1. The first-order valence-corrected chi connectivity index (χ1v) is 8.48. The zero-order valence-corrected chi connectivity index (χ0v) is 16.1. The normalized spacial score (nSPS) is 22.0. The van der Waals surface area contributed by atoms with E-state index in [1.807, 2.05) is 13.0 Å². The van der Waals surface area contributed by atoms with Gasteiger partial charge in [-0.15, -0.1) is 12.4 Å². The van der Waals surface area contributed by atoms with Crippen LogP contribution in [-0.2, 0) is 16.1 Å². The predicted molar refractivity (Wildman–Crippen MR) is 101 cm³/mol. The molecule has 1 aromatic rings. The largest absolute Gasteiger partial charge is 0.493 e. The number of ether oxygens (including phenoxy) is 2. The van der Waals surface area contributed by atoms with Gasteiger partial charge in [-0.1, -0.05) is 18.9 Å². The van der Waals surface area contributed by atoms with E-state index in [0.717, 1.165) is 31.2 Å². The molecule has 2 rings (SSSR count). The van der Waals surface area contributed by atoms with Crippen molar-refractivity contribution in [2.75, 3.05) is 13.7 Å². The molecule has 1 fully saturated rings. The maximum atomic E-state index is 12.5. The number of nitrogens with two attached hydrogens (primary N) is 2. The van der Waals surface area contributed by atoms with Crippen LogP contribution in [0.25, 0.3) is 0 Å². The van der Waals surface area contributed by atoms with Crippen molar-refractivity contribution in [1.82, 2.24) is 5.32 Å². The van der Waals surface area contributed by atoms with Crippen LogP contribution in [0.2, 0.25) is 0 Å². The molecule has 146 valence electrons. The average Bonchev–Trinajstić information content (AvgIpc) is 2.57. The first-order valence-electron chi connectivity index (χ1n) is 8.48. The van der Waals surface area contributed by atoms with Gasteiger partial charge >= 0.3 is 0 Å². The van der Waals surface area contributed by atoms with Crippen molar-refractivity contribution in [3.8, 4) is 11.5 Å². The Balaban J connectivity index is 0.00000338. The molecule has 0 saturated heterocycles. The Bertz CT molecular complexity index is 637. The van der Waals surface area contributed by atoms with Crippen LogP contribution in [0.15, 0.2) is 18.2 Å². The van der Waals surface area contributed by atoms with Crippen LogP contribution in [0.3, 0.4) is 0 Å². The van der Waals surface area contributed by atoms with Crippen LogP contribution < -0.4 is 26.3 Å². The van der Waals surface area contributed by atoms with E-state index >= 15 is 0 Å². The highest BCUT2D eigenvalue weighted by Crippen LogP contribution is 2.32. The average molecular weight is 386 g/mol. The SMILES string of the molecule is COc1cc(CNC(=O)C2CCCCC2(C)N)ccc1OCC(N)=O.Cl. The van der Waals surface area contributed by atoms with Crippen LogP contribution in [0, 0.1) is 5.92 Å². The second kappa shape index (κ2) is 9.64. The van der Waals surface area contributed by atoms with Gasteiger partial charge < -0.3 is 26.3 Å².